The van der Waals surface area contributed by atoms with Crippen molar-refractivity contribution in [3.63, 3.8) is 0 Å². The maximum absolute atomic E-state index is 0. The third-order valence-electron chi connectivity index (χ3n) is 0. The molecule has 23 valence electrons. The molecule has 0 amide bonds. The molecule has 0 aromatic carbocycles. The third-order valence-corrected chi connectivity index (χ3v) is 0. The largest absolute Gasteiger partial charge is 0.412 e. The first kappa shape index (κ1) is 31.5. The van der Waals surface area contributed by atoms with Crippen molar-refractivity contribution in [1.29, 1.82) is 0 Å². The quantitative estimate of drug-likeness (QED) is 0.514. The first-order chi connectivity index (χ1) is 0. The molecule has 1 radical (unpaired) electrons. The Hall–Kier alpha value is 2.49. The molecule has 0 rings (SSSR count). The summed E-state index contributed by atoms with van der Waals surface area (Å²) in [6.45, 7) is 0. The molecular weight excluding hydrogens is 311 g/mol. The van der Waals surface area contributed by atoms with E-state index in [1.165, 1.54) is 0 Å². The Morgan fingerprint density at radius 1 is 0.750 bits per heavy atom. The van der Waals surface area contributed by atoms with Crippen LogP contribution in [0, 0.1) is 77.3 Å². The van der Waals surface area contributed by atoms with Crippen LogP contribution in [0.25, 0.3) is 0 Å². The summed E-state index contributed by atoms with van der Waals surface area (Å²) in [6.07, 6.45) is 0. The molecule has 0 aliphatic rings. The van der Waals surface area contributed by atoms with Gasteiger partial charge in [0.25, 0.3) is 0 Å². The fourth-order valence-corrected chi connectivity index (χ4v) is 0. The predicted molar refractivity (Wildman–Crippen MR) is 7.23 cm³/mol. The van der Waals surface area contributed by atoms with Crippen LogP contribution in [0.15, 0.2) is 0 Å². The van der Waals surface area contributed by atoms with Gasteiger partial charge >= 0.3 is 0 Å². The summed E-state index contributed by atoms with van der Waals surface area (Å²) in [5, 5.41) is 0. The zero-order valence-electron chi connectivity index (χ0n) is 2.08. The van der Waals surface area contributed by atoms with E-state index in [0.717, 1.165) is 0 Å². The van der Waals surface area contributed by atoms with Gasteiger partial charge in [0.05, 0.1) is 0 Å². The fraction of sp³-hybridized carbons (Fsp3) is 0. The van der Waals surface area contributed by atoms with Crippen LogP contribution in [0.1, 0.15) is 0 Å². The summed E-state index contributed by atoms with van der Waals surface area (Å²) in [7, 11) is 0. The van der Waals surface area contributed by atoms with Gasteiger partial charge in [-0.15, -0.1) is 0 Å². The zero-order valence-corrected chi connectivity index (χ0v) is 8.84. The van der Waals surface area contributed by atoms with Gasteiger partial charge in [-0.3, -0.25) is 0 Å². The second-order valence-electron chi connectivity index (χ2n) is 0. The van der Waals surface area contributed by atoms with E-state index in [1.807, 2.05) is 0 Å². The fourth-order valence-electron chi connectivity index (χ4n) is 0. The molecule has 0 aromatic rings. The molecule has 0 saturated carbocycles. The molecule has 0 fully saturated rings. The van der Waals surface area contributed by atoms with Gasteiger partial charge < -0.3 is 11.0 Å². The molecule has 0 aromatic heterocycles. The Balaban J connectivity index is 0. The Morgan fingerprint density at radius 2 is 0.750 bits per heavy atom. The third kappa shape index (κ3) is 8.82. The molecule has 0 atom stereocenters. The Morgan fingerprint density at radius 3 is 0.750 bits per heavy atom. The Labute approximate surface area is 86.3 Å². The molecule has 2 nitrogen and oxygen atoms in total. The van der Waals surface area contributed by atoms with Crippen LogP contribution in [0.4, 0.5) is 0 Å². The zero-order chi connectivity index (χ0) is 0. The van der Waals surface area contributed by atoms with Gasteiger partial charge in [0.2, 0.25) is 0 Å². The monoisotopic (exact) mass is 315 g/mol. The summed E-state index contributed by atoms with van der Waals surface area (Å²) in [5.41, 5.74) is 0. The van der Waals surface area contributed by atoms with Crippen LogP contribution in [0.2, 0.25) is 0 Å². The molecule has 0 spiro atoms. The van der Waals surface area contributed by atoms with Gasteiger partial charge in [-0.2, -0.15) is 0 Å². The van der Waals surface area contributed by atoms with E-state index in [1.54, 1.807) is 0 Å². The maximum atomic E-state index is 0. The summed E-state index contributed by atoms with van der Waals surface area (Å²) in [4.78, 5) is 0. The van der Waals surface area contributed by atoms with E-state index in [-0.39, 0.29) is 88.3 Å². The molecule has 0 aliphatic carbocycles. The summed E-state index contributed by atoms with van der Waals surface area (Å²) < 4.78 is 0. The molecule has 4 heteroatoms. The molecule has 0 heterocycles. The van der Waals surface area contributed by atoms with E-state index in [9.17, 15) is 0 Å². The van der Waals surface area contributed by atoms with Crippen molar-refractivity contribution in [2.75, 3.05) is 0 Å². The van der Waals surface area contributed by atoms with Crippen molar-refractivity contribution < 1.29 is 88.3 Å². The van der Waals surface area contributed by atoms with Crippen molar-refractivity contribution >= 4 is 0 Å². The smallest absolute Gasteiger partial charge is 0 e. The topological polar surface area (TPSA) is 63.0 Å². The standard InChI is InChI=1S/Ce.La.2H2O/h;;2*1H2. The van der Waals surface area contributed by atoms with Crippen molar-refractivity contribution in [2.24, 2.45) is 0 Å². The minimum atomic E-state index is 0. The second kappa shape index (κ2) is 17.8. The predicted octanol–water partition coefficient (Wildman–Crippen LogP) is -1.65. The van der Waals surface area contributed by atoms with Gasteiger partial charge in [0.1, 0.15) is 0 Å². The molecule has 4 heavy (non-hydrogen) atoms. The van der Waals surface area contributed by atoms with Crippen molar-refractivity contribution in [3.05, 3.63) is 0 Å². The van der Waals surface area contributed by atoms with Crippen LogP contribution in [-0.4, -0.2) is 11.0 Å². The van der Waals surface area contributed by atoms with Gasteiger partial charge in [0.15, 0.2) is 0 Å². The average Bonchev–Trinajstić information content (AvgIpc) is 0. The number of hydrogen-bond acceptors (Lipinski definition) is 0. The second-order valence-corrected chi connectivity index (χ2v) is 0. The average molecular weight is 315 g/mol. The van der Waals surface area contributed by atoms with E-state index in [4.69, 9.17) is 0 Å². The minimum absolute atomic E-state index is 0. The first-order valence-corrected chi connectivity index (χ1v) is 0. The van der Waals surface area contributed by atoms with Gasteiger partial charge in [-0.05, 0) is 0 Å². The normalized spacial score (nSPS) is 0. The maximum Gasteiger partial charge on any atom is 0 e. The van der Waals surface area contributed by atoms with Crippen molar-refractivity contribution in [3.8, 4) is 0 Å². The van der Waals surface area contributed by atoms with Gasteiger partial charge in [0, 0.05) is 77.3 Å². The van der Waals surface area contributed by atoms with Gasteiger partial charge in [-0.1, -0.05) is 0 Å². The summed E-state index contributed by atoms with van der Waals surface area (Å²) >= 11 is 0. The Kier molecular flexibility index (Phi) is 141. The summed E-state index contributed by atoms with van der Waals surface area (Å²) in [6, 6.07) is 0. The molecule has 0 saturated heterocycles. The number of hydrogen-bond donors (Lipinski definition) is 0. The molecule has 0 unspecified atom stereocenters. The van der Waals surface area contributed by atoms with Gasteiger partial charge in [-0.25, -0.2) is 0 Å². The van der Waals surface area contributed by atoms with Crippen molar-refractivity contribution in [1.82, 2.24) is 0 Å². The molecule has 0 aliphatic heterocycles. The molecular formula is H4CeLaO2. The van der Waals surface area contributed by atoms with E-state index in [2.05, 4.69) is 0 Å². The molecule has 0 bridgehead atoms. The van der Waals surface area contributed by atoms with Crippen LogP contribution in [0.3, 0.4) is 0 Å². The van der Waals surface area contributed by atoms with Crippen LogP contribution >= 0.6 is 0 Å². The van der Waals surface area contributed by atoms with Crippen LogP contribution in [0.5, 0.6) is 0 Å². The Bertz CT molecular complexity index is 6.00. The van der Waals surface area contributed by atoms with Crippen LogP contribution < -0.4 is 0 Å². The summed E-state index contributed by atoms with van der Waals surface area (Å²) in [5.74, 6) is 0. The van der Waals surface area contributed by atoms with E-state index < -0.39 is 0 Å². The van der Waals surface area contributed by atoms with E-state index >= 15 is 0 Å². The number of rotatable bonds is 0. The van der Waals surface area contributed by atoms with E-state index in [0.29, 0.717) is 0 Å². The SMILES string of the molecule is O.O.[Ce].[La]. The molecule has 4 N–H and O–H groups in total. The van der Waals surface area contributed by atoms with Crippen LogP contribution in [-0.2, 0) is 0 Å². The van der Waals surface area contributed by atoms with Crippen molar-refractivity contribution in [2.45, 2.75) is 0 Å². The minimum Gasteiger partial charge on any atom is -0.412 e. The first-order valence-electron chi connectivity index (χ1n) is 0.